The van der Waals surface area contributed by atoms with Crippen molar-refractivity contribution in [2.24, 2.45) is 0 Å². The molecule has 1 amide bonds. The molecule has 0 bridgehead atoms. The monoisotopic (exact) mass is 267 g/mol. The summed E-state index contributed by atoms with van der Waals surface area (Å²) in [5.74, 6) is 0.186. The Labute approximate surface area is 117 Å². The van der Waals surface area contributed by atoms with Crippen LogP contribution in [0.4, 0.5) is 0 Å². The summed E-state index contributed by atoms with van der Waals surface area (Å²) in [7, 11) is 2.16. The van der Waals surface area contributed by atoms with Gasteiger partial charge in [-0.15, -0.1) is 0 Å². The topological polar surface area (TPSA) is 44.4 Å². The lowest BCUT2D eigenvalue weighted by atomic mass is 10.1. The van der Waals surface area contributed by atoms with Gasteiger partial charge in [-0.05, 0) is 45.8 Å². The number of nitrogens with one attached hydrogen (secondary N) is 2. The van der Waals surface area contributed by atoms with Crippen LogP contribution in [0.25, 0.3) is 0 Å². The third-order valence-corrected chi connectivity index (χ3v) is 4.49. The Morgan fingerprint density at radius 1 is 1.00 bits per heavy atom. The number of likely N-dealkylation sites (tertiary alicyclic amines) is 1. The number of nitrogens with zero attached hydrogens (tertiary/aromatic N) is 1. The van der Waals surface area contributed by atoms with Gasteiger partial charge >= 0.3 is 0 Å². The van der Waals surface area contributed by atoms with Crippen molar-refractivity contribution in [2.45, 2.75) is 63.5 Å². The van der Waals surface area contributed by atoms with Crippen LogP contribution in [-0.2, 0) is 4.79 Å². The van der Waals surface area contributed by atoms with Crippen LogP contribution in [-0.4, -0.2) is 49.6 Å². The Balaban J connectivity index is 1.61. The molecular weight excluding hydrogens is 238 g/mol. The average Bonchev–Trinajstić information content (AvgIpc) is 2.67. The van der Waals surface area contributed by atoms with Crippen molar-refractivity contribution in [3.05, 3.63) is 0 Å². The first kappa shape index (κ1) is 14.8. The van der Waals surface area contributed by atoms with Gasteiger partial charge in [-0.1, -0.05) is 25.7 Å². The molecule has 0 radical (unpaired) electrons. The molecule has 1 aliphatic heterocycles. The van der Waals surface area contributed by atoms with Crippen LogP contribution in [0.1, 0.15) is 51.4 Å². The van der Waals surface area contributed by atoms with Gasteiger partial charge in [0, 0.05) is 12.1 Å². The molecule has 19 heavy (non-hydrogen) atoms. The van der Waals surface area contributed by atoms with Crippen molar-refractivity contribution in [1.29, 1.82) is 0 Å². The Kier molecular flexibility index (Phi) is 6.11. The maximum Gasteiger partial charge on any atom is 0.234 e. The fraction of sp³-hybridized carbons (Fsp3) is 0.933. The van der Waals surface area contributed by atoms with Crippen LogP contribution in [0.5, 0.6) is 0 Å². The summed E-state index contributed by atoms with van der Waals surface area (Å²) in [6.07, 6.45) is 9.86. The largest absolute Gasteiger partial charge is 0.352 e. The summed E-state index contributed by atoms with van der Waals surface area (Å²) in [5, 5.41) is 6.60. The molecule has 0 aromatic rings. The van der Waals surface area contributed by atoms with Crippen LogP contribution in [0.15, 0.2) is 0 Å². The van der Waals surface area contributed by atoms with Crippen LogP contribution in [0.3, 0.4) is 0 Å². The van der Waals surface area contributed by atoms with E-state index in [1.807, 2.05) is 0 Å². The number of hydrogen-bond donors (Lipinski definition) is 2. The zero-order chi connectivity index (χ0) is 13.5. The highest BCUT2D eigenvalue weighted by atomic mass is 16.1. The molecule has 1 saturated heterocycles. The van der Waals surface area contributed by atoms with Gasteiger partial charge in [0.15, 0.2) is 0 Å². The Morgan fingerprint density at radius 2 is 1.63 bits per heavy atom. The van der Waals surface area contributed by atoms with E-state index in [-0.39, 0.29) is 5.91 Å². The lowest BCUT2D eigenvalue weighted by Crippen LogP contribution is -2.46. The van der Waals surface area contributed by atoms with Gasteiger partial charge in [-0.3, -0.25) is 4.79 Å². The van der Waals surface area contributed by atoms with E-state index < -0.39 is 0 Å². The smallest absolute Gasteiger partial charge is 0.234 e. The minimum Gasteiger partial charge on any atom is -0.352 e. The molecule has 110 valence electrons. The minimum absolute atomic E-state index is 0.186. The summed E-state index contributed by atoms with van der Waals surface area (Å²) >= 11 is 0. The predicted octanol–water partition coefficient (Wildman–Crippen LogP) is 1.51. The zero-order valence-electron chi connectivity index (χ0n) is 12.3. The Hall–Kier alpha value is -0.610. The van der Waals surface area contributed by atoms with Crippen LogP contribution in [0.2, 0.25) is 0 Å². The highest BCUT2D eigenvalue weighted by Gasteiger charge is 2.18. The third-order valence-electron chi connectivity index (χ3n) is 4.49. The Bertz CT molecular complexity index is 267. The van der Waals surface area contributed by atoms with Gasteiger partial charge in [0.05, 0.1) is 6.54 Å². The zero-order valence-corrected chi connectivity index (χ0v) is 12.3. The molecule has 0 atom stereocenters. The highest BCUT2D eigenvalue weighted by Crippen LogP contribution is 2.17. The number of piperidine rings is 1. The lowest BCUT2D eigenvalue weighted by Gasteiger charge is -2.29. The molecule has 0 aromatic carbocycles. The molecule has 2 aliphatic rings. The van der Waals surface area contributed by atoms with Gasteiger partial charge in [0.2, 0.25) is 5.91 Å². The van der Waals surface area contributed by atoms with Gasteiger partial charge in [0.1, 0.15) is 0 Å². The SMILES string of the molecule is CN1CCC(NCC(=O)NC2CCCCCC2)CC1. The normalized spacial score (nSPS) is 24.1. The van der Waals surface area contributed by atoms with E-state index in [0.717, 1.165) is 25.9 Å². The second-order valence-electron chi connectivity index (χ2n) is 6.21. The molecule has 2 rings (SSSR count). The lowest BCUT2D eigenvalue weighted by molar-refractivity contribution is -0.121. The number of amides is 1. The van der Waals surface area contributed by atoms with Gasteiger partial charge in [-0.2, -0.15) is 0 Å². The van der Waals surface area contributed by atoms with E-state index >= 15 is 0 Å². The fourth-order valence-electron chi connectivity index (χ4n) is 3.15. The molecule has 4 heteroatoms. The van der Waals surface area contributed by atoms with Crippen molar-refractivity contribution in [2.75, 3.05) is 26.7 Å². The maximum atomic E-state index is 11.9. The first-order valence-corrected chi connectivity index (χ1v) is 7.95. The van der Waals surface area contributed by atoms with E-state index in [2.05, 4.69) is 22.6 Å². The summed E-state index contributed by atoms with van der Waals surface area (Å²) in [6, 6.07) is 0.949. The third kappa shape index (κ3) is 5.49. The Morgan fingerprint density at radius 3 is 2.26 bits per heavy atom. The van der Waals surface area contributed by atoms with E-state index in [1.54, 1.807) is 0 Å². The van der Waals surface area contributed by atoms with E-state index in [0.29, 0.717) is 18.6 Å². The summed E-state index contributed by atoms with van der Waals surface area (Å²) in [5.41, 5.74) is 0. The number of rotatable bonds is 4. The standard InChI is InChI=1S/C15H29N3O/c1-18-10-8-13(9-11-18)16-12-15(19)17-14-6-4-2-3-5-7-14/h13-14,16H,2-12H2,1H3,(H,17,19). The number of carbonyl (C=O) groups is 1. The van der Waals surface area contributed by atoms with Crippen molar-refractivity contribution in [1.82, 2.24) is 15.5 Å². The van der Waals surface area contributed by atoms with Crippen LogP contribution >= 0.6 is 0 Å². The molecule has 2 N–H and O–H groups in total. The second kappa shape index (κ2) is 7.85. The first-order chi connectivity index (χ1) is 9.24. The minimum atomic E-state index is 0.186. The molecule has 0 spiro atoms. The van der Waals surface area contributed by atoms with Crippen LogP contribution in [0, 0.1) is 0 Å². The van der Waals surface area contributed by atoms with E-state index in [4.69, 9.17) is 0 Å². The van der Waals surface area contributed by atoms with Gasteiger partial charge < -0.3 is 15.5 Å². The second-order valence-corrected chi connectivity index (χ2v) is 6.21. The molecule has 1 saturated carbocycles. The van der Waals surface area contributed by atoms with Gasteiger partial charge in [-0.25, -0.2) is 0 Å². The summed E-state index contributed by atoms with van der Waals surface area (Å²) in [6.45, 7) is 2.77. The molecule has 1 aliphatic carbocycles. The number of hydrogen-bond acceptors (Lipinski definition) is 3. The molecule has 2 fully saturated rings. The predicted molar refractivity (Wildman–Crippen MR) is 78.2 cm³/mol. The van der Waals surface area contributed by atoms with E-state index in [9.17, 15) is 4.79 Å². The van der Waals surface area contributed by atoms with Crippen molar-refractivity contribution < 1.29 is 4.79 Å². The van der Waals surface area contributed by atoms with Crippen LogP contribution < -0.4 is 10.6 Å². The fourth-order valence-corrected chi connectivity index (χ4v) is 3.15. The van der Waals surface area contributed by atoms with Gasteiger partial charge in [0.25, 0.3) is 0 Å². The molecular formula is C15H29N3O. The summed E-state index contributed by atoms with van der Waals surface area (Å²) < 4.78 is 0. The first-order valence-electron chi connectivity index (χ1n) is 7.95. The highest BCUT2D eigenvalue weighted by molar-refractivity contribution is 5.78. The molecule has 0 aromatic heterocycles. The molecule has 4 nitrogen and oxygen atoms in total. The number of carbonyl (C=O) groups excluding carboxylic acids is 1. The summed E-state index contributed by atoms with van der Waals surface area (Å²) in [4.78, 5) is 14.3. The van der Waals surface area contributed by atoms with E-state index in [1.165, 1.54) is 38.5 Å². The van der Waals surface area contributed by atoms with Crippen molar-refractivity contribution >= 4 is 5.91 Å². The molecule has 1 heterocycles. The van der Waals surface area contributed by atoms with Crippen molar-refractivity contribution in [3.63, 3.8) is 0 Å². The van der Waals surface area contributed by atoms with Crippen molar-refractivity contribution in [3.8, 4) is 0 Å². The molecule has 0 unspecified atom stereocenters. The maximum absolute atomic E-state index is 11.9. The average molecular weight is 267 g/mol. The quantitative estimate of drug-likeness (QED) is 0.759.